The van der Waals surface area contributed by atoms with E-state index in [-0.39, 0.29) is 24.7 Å². The van der Waals surface area contributed by atoms with Gasteiger partial charge in [0.05, 0.1) is 20.3 Å². The minimum Gasteiger partial charge on any atom is -0.467 e. The van der Waals surface area contributed by atoms with Crippen LogP contribution in [-0.2, 0) is 25.5 Å². The Morgan fingerprint density at radius 3 is 2.70 bits per heavy atom. The summed E-state index contributed by atoms with van der Waals surface area (Å²) >= 11 is 0. The lowest BCUT2D eigenvalue weighted by atomic mass is 9.84. The second kappa shape index (κ2) is 8.08. The summed E-state index contributed by atoms with van der Waals surface area (Å²) in [4.78, 5) is 26.8. The third-order valence-corrected chi connectivity index (χ3v) is 6.22. The van der Waals surface area contributed by atoms with Gasteiger partial charge >= 0.3 is 11.9 Å². The Hall–Kier alpha value is -2.90. The van der Waals surface area contributed by atoms with Crippen LogP contribution in [0.5, 0.6) is 0 Å². The molecule has 158 valence electrons. The van der Waals surface area contributed by atoms with Gasteiger partial charge in [-0.25, -0.2) is 9.59 Å². The molecule has 0 radical (unpaired) electrons. The number of aliphatic hydroxyl groups excluding tert-OH is 1. The summed E-state index contributed by atoms with van der Waals surface area (Å²) < 4.78 is 12.0. The van der Waals surface area contributed by atoms with Crippen molar-refractivity contribution in [3.8, 4) is 0 Å². The zero-order valence-electron chi connectivity index (χ0n) is 17.4. The molecule has 2 aliphatic rings. The van der Waals surface area contributed by atoms with Crippen molar-refractivity contribution in [2.24, 2.45) is 0 Å². The van der Waals surface area contributed by atoms with Gasteiger partial charge in [-0.2, -0.15) is 0 Å². The van der Waals surface area contributed by atoms with Gasteiger partial charge in [0.2, 0.25) is 0 Å². The monoisotopic (exact) mass is 410 g/mol. The first kappa shape index (κ1) is 20.4. The molecule has 7 heteroatoms. The first-order chi connectivity index (χ1) is 14.5. The van der Waals surface area contributed by atoms with Crippen molar-refractivity contribution in [1.29, 1.82) is 0 Å². The van der Waals surface area contributed by atoms with Crippen LogP contribution < -0.4 is 0 Å². The first-order valence-corrected chi connectivity index (χ1v) is 10.0. The number of benzene rings is 1. The third-order valence-electron chi connectivity index (χ3n) is 6.22. The van der Waals surface area contributed by atoms with Gasteiger partial charge < -0.3 is 19.1 Å². The molecule has 2 aromatic rings. The van der Waals surface area contributed by atoms with Gasteiger partial charge in [-0.15, -0.1) is 0 Å². The maximum atomic E-state index is 12.9. The molecule has 1 N–H and O–H groups in total. The third kappa shape index (κ3) is 3.05. The van der Waals surface area contributed by atoms with Crippen LogP contribution in [0.25, 0.3) is 10.9 Å². The standard InChI is InChI=1S/C23H26N2O5/c1-24-18-10-8-14(9-11-19(27)29-2)20(24)21-16(12-13-26)15-6-4-5-7-17(15)25(21)22(18)23(28)30-3/h4-9,11,18,20,22,26H,10,12-13H2,1-3H3/b11-9+/t18-,20+,22+/m0/s1. The highest BCUT2D eigenvalue weighted by Crippen LogP contribution is 2.48. The molecule has 30 heavy (non-hydrogen) atoms. The molecule has 0 amide bonds. The Kier molecular flexibility index (Phi) is 5.49. The van der Waals surface area contributed by atoms with E-state index in [1.807, 2.05) is 31.3 Å². The van der Waals surface area contributed by atoms with Gasteiger partial charge in [-0.1, -0.05) is 30.4 Å². The molecular weight excluding hydrogens is 384 g/mol. The quantitative estimate of drug-likeness (QED) is 0.602. The fourth-order valence-corrected chi connectivity index (χ4v) is 4.93. The minimum absolute atomic E-state index is 0.000802. The number of fused-ring (bicyclic) bond motifs is 6. The van der Waals surface area contributed by atoms with Crippen LogP contribution in [-0.4, -0.2) is 60.4 Å². The molecule has 2 bridgehead atoms. The highest BCUT2D eigenvalue weighted by molar-refractivity contribution is 5.89. The number of ether oxygens (including phenoxy) is 2. The summed E-state index contributed by atoms with van der Waals surface area (Å²) in [6.45, 7) is 0.000802. The number of aromatic nitrogens is 1. The van der Waals surface area contributed by atoms with Crippen LogP contribution in [0.3, 0.4) is 0 Å². The molecule has 1 aromatic heterocycles. The van der Waals surface area contributed by atoms with E-state index in [4.69, 9.17) is 9.47 Å². The van der Waals surface area contributed by atoms with Crippen molar-refractivity contribution in [2.75, 3.05) is 27.9 Å². The number of hydrogen-bond donors (Lipinski definition) is 1. The Morgan fingerprint density at radius 2 is 2.00 bits per heavy atom. The number of aliphatic hydroxyl groups is 1. The van der Waals surface area contributed by atoms with Crippen LogP contribution in [0.1, 0.15) is 29.8 Å². The number of hydrogen-bond acceptors (Lipinski definition) is 6. The summed E-state index contributed by atoms with van der Waals surface area (Å²) in [5.41, 5.74) is 3.88. The van der Waals surface area contributed by atoms with Crippen LogP contribution in [0, 0.1) is 0 Å². The predicted octanol–water partition coefficient (Wildman–Crippen LogP) is 2.30. The maximum absolute atomic E-state index is 12.9. The van der Waals surface area contributed by atoms with Crippen molar-refractivity contribution in [1.82, 2.24) is 9.47 Å². The van der Waals surface area contributed by atoms with Gasteiger partial charge in [0, 0.05) is 35.3 Å². The number of nitrogens with zero attached hydrogens (tertiary/aromatic N) is 2. The number of carbonyl (C=O) groups excluding carboxylic acids is 2. The van der Waals surface area contributed by atoms with Crippen molar-refractivity contribution >= 4 is 22.8 Å². The van der Waals surface area contributed by atoms with Crippen LogP contribution in [0.15, 0.2) is 48.1 Å². The number of para-hydroxylation sites is 1. The molecular formula is C23H26N2O5. The van der Waals surface area contributed by atoms with E-state index in [0.29, 0.717) is 12.8 Å². The van der Waals surface area contributed by atoms with E-state index in [0.717, 1.165) is 27.7 Å². The molecule has 0 unspecified atom stereocenters. The Labute approximate surface area is 175 Å². The smallest absolute Gasteiger partial charge is 0.330 e. The average molecular weight is 410 g/mol. The minimum atomic E-state index is -0.494. The highest BCUT2D eigenvalue weighted by atomic mass is 16.5. The van der Waals surface area contributed by atoms with Gasteiger partial charge in [0.25, 0.3) is 0 Å². The topological polar surface area (TPSA) is 81.0 Å². The van der Waals surface area contributed by atoms with Gasteiger partial charge in [-0.3, -0.25) is 4.90 Å². The predicted molar refractivity (Wildman–Crippen MR) is 112 cm³/mol. The van der Waals surface area contributed by atoms with Crippen molar-refractivity contribution in [2.45, 2.75) is 31.0 Å². The Balaban J connectivity index is 1.99. The molecule has 2 aliphatic heterocycles. The zero-order valence-corrected chi connectivity index (χ0v) is 17.4. The second-order valence-corrected chi connectivity index (χ2v) is 7.62. The fraction of sp³-hybridized carbons (Fsp3) is 0.391. The molecule has 0 aliphatic carbocycles. The molecule has 0 spiro atoms. The SMILES string of the molecule is COC(=O)/C=C/C1=CC[C@H]2[C@H](C(=O)OC)n3c(c(CCO)c4ccccc43)[C@@H]1N2C. The normalized spacial score (nSPS) is 23.3. The molecule has 3 heterocycles. The Morgan fingerprint density at radius 1 is 1.23 bits per heavy atom. The van der Waals surface area contributed by atoms with Crippen molar-refractivity contribution in [3.05, 3.63) is 59.3 Å². The molecule has 0 fully saturated rings. The number of esters is 2. The number of carbonyl (C=O) groups is 2. The van der Waals surface area contributed by atoms with E-state index in [1.54, 1.807) is 6.08 Å². The second-order valence-electron chi connectivity index (χ2n) is 7.62. The van der Waals surface area contributed by atoms with E-state index >= 15 is 0 Å². The molecule has 1 aromatic carbocycles. The summed E-state index contributed by atoms with van der Waals surface area (Å²) in [5, 5.41) is 10.8. The summed E-state index contributed by atoms with van der Waals surface area (Å²) in [5.74, 6) is -0.704. The van der Waals surface area contributed by atoms with E-state index < -0.39 is 12.0 Å². The van der Waals surface area contributed by atoms with Crippen molar-refractivity contribution in [3.63, 3.8) is 0 Å². The first-order valence-electron chi connectivity index (χ1n) is 10.0. The average Bonchev–Trinajstić information content (AvgIpc) is 3.06. The molecule has 3 atom stereocenters. The van der Waals surface area contributed by atoms with E-state index in [9.17, 15) is 14.7 Å². The van der Waals surface area contributed by atoms with Gasteiger partial charge in [0.1, 0.15) is 6.04 Å². The van der Waals surface area contributed by atoms with Gasteiger partial charge in [-0.05, 0) is 37.1 Å². The van der Waals surface area contributed by atoms with E-state index in [2.05, 4.69) is 15.5 Å². The summed E-state index contributed by atoms with van der Waals surface area (Å²) in [6.07, 6.45) is 6.40. The highest BCUT2D eigenvalue weighted by Gasteiger charge is 2.47. The van der Waals surface area contributed by atoms with Crippen LogP contribution in [0.2, 0.25) is 0 Å². The fourth-order valence-electron chi connectivity index (χ4n) is 4.93. The van der Waals surface area contributed by atoms with Crippen LogP contribution >= 0.6 is 0 Å². The molecule has 0 saturated heterocycles. The molecule has 4 rings (SSSR count). The van der Waals surface area contributed by atoms with E-state index in [1.165, 1.54) is 20.3 Å². The summed E-state index contributed by atoms with van der Waals surface area (Å²) in [6, 6.07) is 7.22. The lowest BCUT2D eigenvalue weighted by Gasteiger charge is -2.48. The number of methoxy groups -OCH3 is 2. The maximum Gasteiger partial charge on any atom is 0.330 e. The number of likely N-dealkylation sites (N-methyl/N-ethyl adjacent to an activating group) is 1. The largest absolute Gasteiger partial charge is 0.467 e. The lowest BCUT2D eigenvalue weighted by molar-refractivity contribution is -0.148. The molecule has 0 saturated carbocycles. The van der Waals surface area contributed by atoms with Crippen LogP contribution in [0.4, 0.5) is 0 Å². The number of rotatable bonds is 5. The molecule has 7 nitrogen and oxygen atoms in total. The zero-order chi connectivity index (χ0) is 21.4. The lowest BCUT2D eigenvalue weighted by Crippen LogP contribution is -2.52. The van der Waals surface area contributed by atoms with Gasteiger partial charge in [0.15, 0.2) is 0 Å². The van der Waals surface area contributed by atoms with Crippen molar-refractivity contribution < 1.29 is 24.2 Å². The summed E-state index contributed by atoms with van der Waals surface area (Å²) in [7, 11) is 4.76. The Bertz CT molecular complexity index is 1050.